The third-order valence-electron chi connectivity index (χ3n) is 1.68. The van der Waals surface area contributed by atoms with Gasteiger partial charge in [0.25, 0.3) is 0 Å². The van der Waals surface area contributed by atoms with Crippen LogP contribution in [0.1, 0.15) is 5.69 Å². The summed E-state index contributed by atoms with van der Waals surface area (Å²) < 4.78 is 4.63. The average Bonchev–Trinajstić information content (AvgIpc) is 2.30. The zero-order valence-electron chi connectivity index (χ0n) is 8.84. The summed E-state index contributed by atoms with van der Waals surface area (Å²) in [5.41, 5.74) is 0.753. The molecule has 0 atom stereocenters. The number of ether oxygens (including phenoxy) is 1. The van der Waals surface area contributed by atoms with Gasteiger partial charge < -0.3 is 10.1 Å². The van der Waals surface area contributed by atoms with Crippen molar-refractivity contribution in [2.45, 2.75) is 0 Å². The fourth-order valence-corrected chi connectivity index (χ4v) is 1.05. The summed E-state index contributed by atoms with van der Waals surface area (Å²) in [5.74, 6) is -0.378. The van der Waals surface area contributed by atoms with Gasteiger partial charge in [0.2, 0.25) is 5.91 Å². The Morgan fingerprint density at radius 3 is 2.94 bits per heavy atom. The zero-order chi connectivity index (χ0) is 11.8. The SMILES string of the molecule is COCC(=O)N/C(C=O)=C/c1ccccn1. The van der Waals surface area contributed by atoms with Gasteiger partial charge in [0, 0.05) is 13.3 Å². The highest BCUT2D eigenvalue weighted by Gasteiger charge is 2.03. The van der Waals surface area contributed by atoms with Crippen molar-refractivity contribution in [3.05, 3.63) is 35.8 Å². The Morgan fingerprint density at radius 1 is 1.56 bits per heavy atom. The Labute approximate surface area is 93.1 Å². The van der Waals surface area contributed by atoms with Crippen LogP contribution in [0.5, 0.6) is 0 Å². The van der Waals surface area contributed by atoms with Gasteiger partial charge in [0.15, 0.2) is 6.29 Å². The first-order valence-electron chi connectivity index (χ1n) is 4.63. The molecule has 1 amide bonds. The molecule has 1 aromatic rings. The van der Waals surface area contributed by atoms with Crippen molar-refractivity contribution in [2.75, 3.05) is 13.7 Å². The van der Waals surface area contributed by atoms with Crippen molar-refractivity contribution >= 4 is 18.3 Å². The molecule has 0 aliphatic rings. The topological polar surface area (TPSA) is 68.3 Å². The number of rotatable bonds is 5. The predicted molar refractivity (Wildman–Crippen MR) is 58.3 cm³/mol. The number of aromatic nitrogens is 1. The number of methoxy groups -OCH3 is 1. The molecule has 1 rings (SSSR count). The van der Waals surface area contributed by atoms with Gasteiger partial charge in [0.1, 0.15) is 6.61 Å². The molecule has 0 saturated carbocycles. The Morgan fingerprint density at radius 2 is 2.38 bits per heavy atom. The molecular weight excluding hydrogens is 208 g/mol. The van der Waals surface area contributed by atoms with Crippen LogP contribution >= 0.6 is 0 Å². The van der Waals surface area contributed by atoms with E-state index >= 15 is 0 Å². The van der Waals surface area contributed by atoms with Crippen molar-refractivity contribution in [1.82, 2.24) is 10.3 Å². The van der Waals surface area contributed by atoms with E-state index in [2.05, 4.69) is 15.0 Å². The number of amides is 1. The monoisotopic (exact) mass is 220 g/mol. The van der Waals surface area contributed by atoms with E-state index in [1.807, 2.05) is 0 Å². The minimum absolute atomic E-state index is 0.0899. The van der Waals surface area contributed by atoms with Gasteiger partial charge in [-0.15, -0.1) is 0 Å². The molecule has 1 N–H and O–H groups in total. The molecule has 0 spiro atoms. The molecule has 0 aliphatic heterocycles. The largest absolute Gasteiger partial charge is 0.375 e. The number of allylic oxidation sites excluding steroid dienone is 1. The smallest absolute Gasteiger partial charge is 0.250 e. The normalized spacial score (nSPS) is 10.9. The zero-order valence-corrected chi connectivity index (χ0v) is 8.84. The number of nitrogens with one attached hydrogen (secondary N) is 1. The summed E-state index contributed by atoms with van der Waals surface area (Å²) >= 11 is 0. The molecule has 84 valence electrons. The third kappa shape index (κ3) is 4.02. The van der Waals surface area contributed by atoms with E-state index in [1.54, 1.807) is 24.4 Å². The van der Waals surface area contributed by atoms with Crippen molar-refractivity contribution in [3.63, 3.8) is 0 Å². The number of hydrogen-bond donors (Lipinski definition) is 1. The molecule has 5 nitrogen and oxygen atoms in total. The van der Waals surface area contributed by atoms with E-state index in [1.165, 1.54) is 13.2 Å². The number of carbonyl (C=O) groups is 2. The molecule has 0 aliphatic carbocycles. The first-order chi connectivity index (χ1) is 7.76. The van der Waals surface area contributed by atoms with E-state index in [9.17, 15) is 9.59 Å². The molecule has 0 saturated heterocycles. The number of aldehydes is 1. The van der Waals surface area contributed by atoms with Gasteiger partial charge in [0.05, 0.1) is 11.4 Å². The Balaban J connectivity index is 2.71. The number of carbonyl (C=O) groups excluding carboxylic acids is 2. The molecule has 0 unspecified atom stereocenters. The second kappa shape index (κ2) is 6.47. The first-order valence-corrected chi connectivity index (χ1v) is 4.63. The second-order valence-corrected chi connectivity index (χ2v) is 2.95. The lowest BCUT2D eigenvalue weighted by atomic mass is 10.3. The highest BCUT2D eigenvalue weighted by molar-refractivity contribution is 5.90. The molecule has 1 heterocycles. The second-order valence-electron chi connectivity index (χ2n) is 2.95. The van der Waals surface area contributed by atoms with Crippen LogP contribution in [0.2, 0.25) is 0 Å². The van der Waals surface area contributed by atoms with E-state index in [-0.39, 0.29) is 18.2 Å². The molecular formula is C11H12N2O3. The maximum absolute atomic E-state index is 11.1. The molecule has 16 heavy (non-hydrogen) atoms. The van der Waals surface area contributed by atoms with Crippen molar-refractivity contribution in [1.29, 1.82) is 0 Å². The lowest BCUT2D eigenvalue weighted by Crippen LogP contribution is -2.27. The van der Waals surface area contributed by atoms with Gasteiger partial charge in [-0.25, -0.2) is 0 Å². The van der Waals surface area contributed by atoms with E-state index < -0.39 is 0 Å². The summed E-state index contributed by atoms with van der Waals surface area (Å²) in [5, 5.41) is 2.41. The Bertz CT molecular complexity index is 387. The van der Waals surface area contributed by atoms with Crippen LogP contribution in [0, 0.1) is 0 Å². The van der Waals surface area contributed by atoms with Crippen LogP contribution in [0.15, 0.2) is 30.1 Å². The fraction of sp³-hybridized carbons (Fsp3) is 0.182. The summed E-state index contributed by atoms with van der Waals surface area (Å²) in [4.78, 5) is 25.8. The fourth-order valence-electron chi connectivity index (χ4n) is 1.05. The lowest BCUT2D eigenvalue weighted by molar-refractivity contribution is -0.124. The minimum atomic E-state index is -0.378. The Hall–Kier alpha value is -2.01. The highest BCUT2D eigenvalue weighted by atomic mass is 16.5. The van der Waals surface area contributed by atoms with Crippen LogP contribution in [0.3, 0.4) is 0 Å². The van der Waals surface area contributed by atoms with Crippen molar-refractivity contribution < 1.29 is 14.3 Å². The molecule has 0 radical (unpaired) electrons. The maximum atomic E-state index is 11.1. The van der Waals surface area contributed by atoms with Crippen LogP contribution < -0.4 is 5.32 Å². The molecule has 0 aromatic carbocycles. The van der Waals surface area contributed by atoms with Crippen LogP contribution in [0.4, 0.5) is 0 Å². The van der Waals surface area contributed by atoms with Crippen LogP contribution in [0.25, 0.3) is 6.08 Å². The summed E-state index contributed by atoms with van der Waals surface area (Å²) in [6.45, 7) is -0.0899. The number of pyridine rings is 1. The quantitative estimate of drug-likeness (QED) is 0.575. The average molecular weight is 220 g/mol. The van der Waals surface area contributed by atoms with Gasteiger partial charge in [-0.2, -0.15) is 0 Å². The minimum Gasteiger partial charge on any atom is -0.375 e. The predicted octanol–water partition coefficient (Wildman–Crippen LogP) is 0.384. The molecule has 1 aromatic heterocycles. The van der Waals surface area contributed by atoms with Gasteiger partial charge in [-0.05, 0) is 18.2 Å². The van der Waals surface area contributed by atoms with E-state index in [4.69, 9.17) is 0 Å². The molecule has 0 bridgehead atoms. The van der Waals surface area contributed by atoms with Gasteiger partial charge in [-0.1, -0.05) is 6.07 Å². The Kier molecular flexibility index (Phi) is 4.88. The lowest BCUT2D eigenvalue weighted by Gasteiger charge is -2.02. The summed E-state index contributed by atoms with van der Waals surface area (Å²) in [7, 11) is 1.41. The van der Waals surface area contributed by atoms with Crippen molar-refractivity contribution in [2.24, 2.45) is 0 Å². The highest BCUT2D eigenvalue weighted by Crippen LogP contribution is 1.99. The molecule has 5 heteroatoms. The summed E-state index contributed by atoms with van der Waals surface area (Å²) in [6, 6.07) is 5.28. The van der Waals surface area contributed by atoms with E-state index in [0.717, 1.165) is 0 Å². The van der Waals surface area contributed by atoms with Gasteiger partial charge >= 0.3 is 0 Å². The van der Waals surface area contributed by atoms with Crippen LogP contribution in [-0.4, -0.2) is 30.9 Å². The molecule has 0 fully saturated rings. The number of nitrogens with zero attached hydrogens (tertiary/aromatic N) is 1. The van der Waals surface area contributed by atoms with E-state index in [0.29, 0.717) is 12.0 Å². The first kappa shape index (κ1) is 12.1. The summed E-state index contributed by atoms with van der Waals surface area (Å²) in [6.07, 6.45) is 3.65. The van der Waals surface area contributed by atoms with Gasteiger partial charge in [-0.3, -0.25) is 14.6 Å². The van der Waals surface area contributed by atoms with Crippen molar-refractivity contribution in [3.8, 4) is 0 Å². The maximum Gasteiger partial charge on any atom is 0.250 e. The van der Waals surface area contributed by atoms with Crippen LogP contribution in [-0.2, 0) is 14.3 Å². The third-order valence-corrected chi connectivity index (χ3v) is 1.68. The number of hydrogen-bond acceptors (Lipinski definition) is 4. The standard InChI is InChI=1S/C11H12N2O3/c1-16-8-11(15)13-10(7-14)6-9-4-2-3-5-12-9/h2-7H,8H2,1H3,(H,13,15)/b10-6+.